The van der Waals surface area contributed by atoms with Crippen LogP contribution in [-0.2, 0) is 0 Å². The number of hydrogen-bond acceptors (Lipinski definition) is 3. The number of benzene rings is 2. The molecule has 0 aromatic heterocycles. The van der Waals surface area contributed by atoms with Crippen LogP contribution >= 0.6 is 24.0 Å². The molecular formula is C21H27Cl2N3. The van der Waals surface area contributed by atoms with Crippen molar-refractivity contribution < 1.29 is 0 Å². The topological polar surface area (TPSA) is 41.3 Å². The Bertz CT molecular complexity index is 719. The predicted molar refractivity (Wildman–Crippen MR) is 112 cm³/mol. The van der Waals surface area contributed by atoms with E-state index in [0.717, 1.165) is 37.6 Å². The second kappa shape index (κ2) is 8.73. The van der Waals surface area contributed by atoms with Crippen LogP contribution in [0.3, 0.4) is 0 Å². The largest absolute Gasteiger partial charge is 0.326 e. The van der Waals surface area contributed by atoms with Crippen LogP contribution in [0.2, 0.25) is 5.02 Å². The minimum Gasteiger partial charge on any atom is -0.326 e. The van der Waals surface area contributed by atoms with E-state index in [-0.39, 0.29) is 12.4 Å². The van der Waals surface area contributed by atoms with Gasteiger partial charge in [0.15, 0.2) is 0 Å². The Labute approximate surface area is 167 Å². The third kappa shape index (κ3) is 4.79. The molecule has 3 N–H and O–H groups in total. The van der Waals surface area contributed by atoms with Crippen molar-refractivity contribution in [2.75, 3.05) is 26.2 Å². The van der Waals surface area contributed by atoms with Gasteiger partial charge in [-0.25, -0.2) is 0 Å². The van der Waals surface area contributed by atoms with Gasteiger partial charge >= 0.3 is 0 Å². The Kier molecular flexibility index (Phi) is 6.60. The molecule has 3 atom stereocenters. The quantitative estimate of drug-likeness (QED) is 0.783. The molecule has 26 heavy (non-hydrogen) atoms. The van der Waals surface area contributed by atoms with Crippen molar-refractivity contribution >= 4 is 24.0 Å². The van der Waals surface area contributed by atoms with Gasteiger partial charge in [0, 0.05) is 42.7 Å². The van der Waals surface area contributed by atoms with Gasteiger partial charge in [0.05, 0.1) is 0 Å². The molecule has 3 nitrogen and oxygen atoms in total. The fourth-order valence-electron chi connectivity index (χ4n) is 3.85. The third-order valence-electron chi connectivity index (χ3n) is 5.43. The minimum atomic E-state index is 0. The van der Waals surface area contributed by atoms with Crippen molar-refractivity contribution in [3.8, 4) is 11.1 Å². The SMILES string of the molecule is Cl.N[C@@H]1CCN(CCN[C@H]2CC2c2ccc(-c3cccc(Cl)c3)cc2)C1. The Morgan fingerprint density at radius 1 is 1.12 bits per heavy atom. The Morgan fingerprint density at radius 2 is 1.92 bits per heavy atom. The van der Waals surface area contributed by atoms with Crippen LogP contribution < -0.4 is 11.1 Å². The molecule has 2 fully saturated rings. The first-order chi connectivity index (χ1) is 12.2. The minimum absolute atomic E-state index is 0. The van der Waals surface area contributed by atoms with E-state index in [2.05, 4.69) is 40.5 Å². The number of halogens is 2. The zero-order valence-electron chi connectivity index (χ0n) is 14.9. The summed E-state index contributed by atoms with van der Waals surface area (Å²) in [4.78, 5) is 2.47. The predicted octanol–water partition coefficient (Wildman–Crippen LogP) is 3.91. The average molecular weight is 392 g/mol. The van der Waals surface area contributed by atoms with E-state index in [0.29, 0.717) is 18.0 Å². The highest BCUT2D eigenvalue weighted by Gasteiger charge is 2.37. The molecular weight excluding hydrogens is 365 g/mol. The van der Waals surface area contributed by atoms with Crippen LogP contribution in [0.1, 0.15) is 24.3 Å². The molecule has 0 radical (unpaired) electrons. The van der Waals surface area contributed by atoms with Crippen molar-refractivity contribution in [3.63, 3.8) is 0 Å². The standard InChI is InChI=1S/C21H26ClN3.ClH/c22-18-3-1-2-17(12-18)15-4-6-16(7-5-15)20-13-21(20)24-9-11-25-10-8-19(23)14-25;/h1-7,12,19-21,24H,8-11,13-14,23H2;1H/t19-,20?,21+;/m1./s1. The summed E-state index contributed by atoms with van der Waals surface area (Å²) in [7, 11) is 0. The highest BCUT2D eigenvalue weighted by molar-refractivity contribution is 6.30. The summed E-state index contributed by atoms with van der Waals surface area (Å²) in [5.74, 6) is 0.661. The second-order valence-corrected chi connectivity index (χ2v) is 7.82. The molecule has 1 heterocycles. The number of likely N-dealkylation sites (tertiary alicyclic amines) is 1. The molecule has 2 aromatic carbocycles. The zero-order valence-corrected chi connectivity index (χ0v) is 16.5. The van der Waals surface area contributed by atoms with E-state index in [1.54, 1.807) is 0 Å². The summed E-state index contributed by atoms with van der Waals surface area (Å²) in [5.41, 5.74) is 9.79. The van der Waals surface area contributed by atoms with Crippen LogP contribution in [0, 0.1) is 0 Å². The molecule has 0 spiro atoms. The van der Waals surface area contributed by atoms with Gasteiger partial charge in [-0.15, -0.1) is 12.4 Å². The molecule has 1 aliphatic heterocycles. The number of nitrogens with zero attached hydrogens (tertiary/aromatic N) is 1. The normalized spacial score (nSPS) is 25.1. The first kappa shape index (κ1) is 19.7. The van der Waals surface area contributed by atoms with E-state index in [1.165, 1.54) is 23.1 Å². The lowest BCUT2D eigenvalue weighted by atomic mass is 10.0. The summed E-state index contributed by atoms with van der Waals surface area (Å²) < 4.78 is 0. The van der Waals surface area contributed by atoms with Crippen LogP contribution in [0.5, 0.6) is 0 Å². The molecule has 1 aliphatic carbocycles. The van der Waals surface area contributed by atoms with Gasteiger partial charge in [-0.1, -0.05) is 48.0 Å². The fourth-order valence-corrected chi connectivity index (χ4v) is 4.04. The summed E-state index contributed by atoms with van der Waals surface area (Å²) in [6.07, 6.45) is 2.39. The Morgan fingerprint density at radius 3 is 2.62 bits per heavy atom. The zero-order chi connectivity index (χ0) is 17.2. The number of nitrogens with two attached hydrogens (primary N) is 1. The molecule has 1 saturated heterocycles. The lowest BCUT2D eigenvalue weighted by Gasteiger charge is -2.15. The molecule has 0 bridgehead atoms. The van der Waals surface area contributed by atoms with Crippen LogP contribution in [0.4, 0.5) is 0 Å². The van der Waals surface area contributed by atoms with E-state index in [4.69, 9.17) is 17.3 Å². The molecule has 1 saturated carbocycles. The van der Waals surface area contributed by atoms with E-state index >= 15 is 0 Å². The number of hydrogen-bond donors (Lipinski definition) is 2. The van der Waals surface area contributed by atoms with Gasteiger partial charge in [0.1, 0.15) is 0 Å². The maximum absolute atomic E-state index is 6.09. The van der Waals surface area contributed by atoms with E-state index < -0.39 is 0 Å². The lowest BCUT2D eigenvalue weighted by molar-refractivity contribution is 0.331. The summed E-state index contributed by atoms with van der Waals surface area (Å²) in [6.45, 7) is 4.39. The van der Waals surface area contributed by atoms with Crippen molar-refractivity contribution in [1.82, 2.24) is 10.2 Å². The molecule has 140 valence electrons. The molecule has 2 aliphatic rings. The number of rotatable bonds is 6. The van der Waals surface area contributed by atoms with Gasteiger partial charge in [0.2, 0.25) is 0 Å². The highest BCUT2D eigenvalue weighted by Crippen LogP contribution is 2.41. The van der Waals surface area contributed by atoms with Crippen molar-refractivity contribution in [2.45, 2.75) is 30.8 Å². The molecule has 2 aromatic rings. The fraction of sp³-hybridized carbons (Fsp3) is 0.429. The van der Waals surface area contributed by atoms with Crippen LogP contribution in [0.15, 0.2) is 48.5 Å². The van der Waals surface area contributed by atoms with E-state index in [9.17, 15) is 0 Å². The molecule has 0 amide bonds. The van der Waals surface area contributed by atoms with Crippen molar-refractivity contribution in [2.24, 2.45) is 5.73 Å². The maximum Gasteiger partial charge on any atom is 0.0412 e. The van der Waals surface area contributed by atoms with Crippen LogP contribution in [0.25, 0.3) is 11.1 Å². The summed E-state index contributed by atoms with van der Waals surface area (Å²) >= 11 is 6.09. The summed E-state index contributed by atoms with van der Waals surface area (Å²) in [6, 6.07) is 18.0. The van der Waals surface area contributed by atoms with Gasteiger partial charge in [-0.2, -0.15) is 0 Å². The highest BCUT2D eigenvalue weighted by atomic mass is 35.5. The molecule has 4 rings (SSSR count). The van der Waals surface area contributed by atoms with Gasteiger partial charge in [0.25, 0.3) is 0 Å². The Balaban J connectivity index is 0.00000196. The van der Waals surface area contributed by atoms with Gasteiger partial charge < -0.3 is 16.0 Å². The number of nitrogens with one attached hydrogen (secondary N) is 1. The van der Waals surface area contributed by atoms with Crippen molar-refractivity contribution in [1.29, 1.82) is 0 Å². The first-order valence-corrected chi connectivity index (χ1v) is 9.64. The third-order valence-corrected chi connectivity index (χ3v) is 5.67. The van der Waals surface area contributed by atoms with E-state index in [1.807, 2.05) is 18.2 Å². The Hall–Kier alpha value is -1.10. The second-order valence-electron chi connectivity index (χ2n) is 7.38. The summed E-state index contributed by atoms with van der Waals surface area (Å²) in [5, 5.41) is 4.48. The van der Waals surface area contributed by atoms with Gasteiger partial charge in [-0.3, -0.25) is 0 Å². The first-order valence-electron chi connectivity index (χ1n) is 9.26. The lowest BCUT2D eigenvalue weighted by Crippen LogP contribution is -2.33. The monoisotopic (exact) mass is 391 g/mol. The molecule has 5 heteroatoms. The average Bonchev–Trinajstić information content (AvgIpc) is 3.27. The van der Waals surface area contributed by atoms with Crippen LogP contribution in [-0.4, -0.2) is 43.2 Å². The van der Waals surface area contributed by atoms with Crippen molar-refractivity contribution in [3.05, 3.63) is 59.1 Å². The van der Waals surface area contributed by atoms with Gasteiger partial charge in [-0.05, 0) is 48.2 Å². The maximum atomic E-state index is 6.09. The smallest absolute Gasteiger partial charge is 0.0412 e. The molecule has 1 unspecified atom stereocenters.